The molecule has 0 aromatic heterocycles. The van der Waals surface area contributed by atoms with E-state index >= 15 is 0 Å². The lowest BCUT2D eigenvalue weighted by molar-refractivity contribution is 0.0953. The molecule has 0 aliphatic carbocycles. The first-order chi connectivity index (χ1) is 9.99. The standard InChI is InChI=1S/C17H19NO3/c1-11-4-3-5-14(12(11)2)17(21)18-9-8-13-6-7-15(19)16(20)10-13/h3-7,10,19-20H,8-9H2,1-2H3,(H,18,21). The summed E-state index contributed by atoms with van der Waals surface area (Å²) in [5.41, 5.74) is 3.61. The van der Waals surface area contributed by atoms with Gasteiger partial charge in [0.15, 0.2) is 11.5 Å². The van der Waals surface area contributed by atoms with Gasteiger partial charge in [0.05, 0.1) is 0 Å². The molecular weight excluding hydrogens is 266 g/mol. The lowest BCUT2D eigenvalue weighted by Gasteiger charge is -2.10. The van der Waals surface area contributed by atoms with Crippen LogP contribution in [0.1, 0.15) is 27.0 Å². The Kier molecular flexibility index (Phi) is 4.48. The van der Waals surface area contributed by atoms with Gasteiger partial charge in [-0.15, -0.1) is 0 Å². The number of nitrogens with one attached hydrogen (secondary N) is 1. The molecule has 0 atom stereocenters. The third-order valence-corrected chi connectivity index (χ3v) is 3.59. The van der Waals surface area contributed by atoms with Crippen molar-refractivity contribution in [3.63, 3.8) is 0 Å². The summed E-state index contributed by atoms with van der Waals surface area (Å²) in [4.78, 5) is 12.1. The molecule has 0 heterocycles. The molecule has 21 heavy (non-hydrogen) atoms. The van der Waals surface area contributed by atoms with Gasteiger partial charge in [-0.2, -0.15) is 0 Å². The average Bonchev–Trinajstić information content (AvgIpc) is 2.45. The molecule has 2 aromatic rings. The predicted molar refractivity (Wildman–Crippen MR) is 81.7 cm³/mol. The number of carbonyl (C=O) groups excluding carboxylic acids is 1. The van der Waals surface area contributed by atoms with Crippen molar-refractivity contribution in [2.24, 2.45) is 0 Å². The summed E-state index contributed by atoms with van der Waals surface area (Å²) in [6.45, 7) is 4.38. The van der Waals surface area contributed by atoms with Crippen LogP contribution in [0.2, 0.25) is 0 Å². The van der Waals surface area contributed by atoms with E-state index in [1.54, 1.807) is 6.07 Å². The number of phenolic OH excluding ortho intramolecular Hbond substituents is 2. The second kappa shape index (κ2) is 6.31. The maximum absolute atomic E-state index is 12.1. The van der Waals surface area contributed by atoms with Gasteiger partial charge in [0, 0.05) is 12.1 Å². The summed E-state index contributed by atoms with van der Waals surface area (Å²) < 4.78 is 0. The number of aryl methyl sites for hydroxylation is 1. The van der Waals surface area contributed by atoms with Crippen molar-refractivity contribution in [3.8, 4) is 11.5 Å². The van der Waals surface area contributed by atoms with Gasteiger partial charge in [0.2, 0.25) is 0 Å². The SMILES string of the molecule is Cc1cccc(C(=O)NCCc2ccc(O)c(O)c2)c1C. The van der Waals surface area contributed by atoms with Crippen molar-refractivity contribution < 1.29 is 15.0 Å². The maximum Gasteiger partial charge on any atom is 0.251 e. The summed E-state index contributed by atoms with van der Waals surface area (Å²) in [5.74, 6) is -0.384. The molecule has 4 heteroatoms. The van der Waals surface area contributed by atoms with Crippen LogP contribution in [0.3, 0.4) is 0 Å². The molecule has 2 rings (SSSR count). The Labute approximate surface area is 124 Å². The van der Waals surface area contributed by atoms with Gasteiger partial charge in [0.1, 0.15) is 0 Å². The lowest BCUT2D eigenvalue weighted by Crippen LogP contribution is -2.26. The zero-order valence-corrected chi connectivity index (χ0v) is 12.2. The van der Waals surface area contributed by atoms with Gasteiger partial charge < -0.3 is 15.5 Å². The van der Waals surface area contributed by atoms with Crippen LogP contribution in [0.15, 0.2) is 36.4 Å². The van der Waals surface area contributed by atoms with Crippen LogP contribution in [-0.2, 0) is 6.42 Å². The van der Waals surface area contributed by atoms with Gasteiger partial charge in [-0.05, 0) is 55.2 Å². The van der Waals surface area contributed by atoms with Crippen LogP contribution in [0.25, 0.3) is 0 Å². The molecule has 0 bridgehead atoms. The normalized spacial score (nSPS) is 10.4. The predicted octanol–water partition coefficient (Wildman–Crippen LogP) is 2.69. The Bertz CT molecular complexity index is 665. The quantitative estimate of drug-likeness (QED) is 0.756. The number of amides is 1. The highest BCUT2D eigenvalue weighted by Crippen LogP contribution is 2.24. The van der Waals surface area contributed by atoms with Gasteiger partial charge in [-0.1, -0.05) is 18.2 Å². The molecule has 0 unspecified atom stereocenters. The minimum atomic E-state index is -0.145. The molecule has 110 valence electrons. The number of rotatable bonds is 4. The monoisotopic (exact) mass is 285 g/mol. The molecule has 0 saturated heterocycles. The first kappa shape index (κ1) is 14.9. The van der Waals surface area contributed by atoms with Crippen LogP contribution in [-0.4, -0.2) is 22.7 Å². The molecule has 0 fully saturated rings. The summed E-state index contributed by atoms with van der Waals surface area (Å²) in [7, 11) is 0. The second-order valence-electron chi connectivity index (χ2n) is 5.08. The van der Waals surface area contributed by atoms with E-state index in [0.717, 1.165) is 16.7 Å². The molecule has 0 aliphatic heterocycles. The van der Waals surface area contributed by atoms with E-state index in [2.05, 4.69) is 5.32 Å². The van der Waals surface area contributed by atoms with Crippen LogP contribution in [0.5, 0.6) is 11.5 Å². The zero-order valence-electron chi connectivity index (χ0n) is 12.2. The van der Waals surface area contributed by atoms with E-state index in [-0.39, 0.29) is 17.4 Å². The number of carbonyl (C=O) groups is 1. The third-order valence-electron chi connectivity index (χ3n) is 3.59. The van der Waals surface area contributed by atoms with Gasteiger partial charge in [0.25, 0.3) is 5.91 Å². The molecule has 0 radical (unpaired) electrons. The van der Waals surface area contributed by atoms with E-state index < -0.39 is 0 Å². The van der Waals surface area contributed by atoms with Crippen molar-refractivity contribution in [2.45, 2.75) is 20.3 Å². The third kappa shape index (κ3) is 3.54. The Hall–Kier alpha value is -2.49. The topological polar surface area (TPSA) is 69.6 Å². The summed E-state index contributed by atoms with van der Waals surface area (Å²) in [6, 6.07) is 10.3. The van der Waals surface area contributed by atoms with Crippen molar-refractivity contribution in [2.75, 3.05) is 6.54 Å². The average molecular weight is 285 g/mol. The van der Waals surface area contributed by atoms with Gasteiger partial charge in [-0.25, -0.2) is 0 Å². The van der Waals surface area contributed by atoms with Crippen molar-refractivity contribution in [1.82, 2.24) is 5.32 Å². The number of benzene rings is 2. The van der Waals surface area contributed by atoms with E-state index in [0.29, 0.717) is 18.5 Å². The number of phenols is 2. The zero-order chi connectivity index (χ0) is 15.4. The maximum atomic E-state index is 12.1. The fourth-order valence-electron chi connectivity index (χ4n) is 2.14. The van der Waals surface area contributed by atoms with Crippen LogP contribution in [0.4, 0.5) is 0 Å². The van der Waals surface area contributed by atoms with Crippen molar-refractivity contribution in [3.05, 3.63) is 58.7 Å². The largest absolute Gasteiger partial charge is 0.504 e. The van der Waals surface area contributed by atoms with Crippen molar-refractivity contribution in [1.29, 1.82) is 0 Å². The molecule has 0 aliphatic rings. The van der Waals surface area contributed by atoms with Crippen LogP contribution < -0.4 is 5.32 Å². The van der Waals surface area contributed by atoms with E-state index in [4.69, 9.17) is 0 Å². The fourth-order valence-corrected chi connectivity index (χ4v) is 2.14. The second-order valence-corrected chi connectivity index (χ2v) is 5.08. The first-order valence-corrected chi connectivity index (χ1v) is 6.84. The Morgan fingerprint density at radius 1 is 1.10 bits per heavy atom. The Morgan fingerprint density at radius 2 is 1.86 bits per heavy atom. The van der Waals surface area contributed by atoms with Crippen molar-refractivity contribution >= 4 is 5.91 Å². The number of aromatic hydroxyl groups is 2. The number of hydrogen-bond acceptors (Lipinski definition) is 3. The fraction of sp³-hybridized carbons (Fsp3) is 0.235. The molecule has 1 amide bonds. The molecule has 4 nitrogen and oxygen atoms in total. The highest BCUT2D eigenvalue weighted by molar-refractivity contribution is 5.95. The number of hydrogen-bond donors (Lipinski definition) is 3. The molecular formula is C17H19NO3. The van der Waals surface area contributed by atoms with Gasteiger partial charge in [-0.3, -0.25) is 4.79 Å². The first-order valence-electron chi connectivity index (χ1n) is 6.84. The lowest BCUT2D eigenvalue weighted by atomic mass is 10.0. The van der Waals surface area contributed by atoms with Crippen LogP contribution in [0, 0.1) is 13.8 Å². The van der Waals surface area contributed by atoms with E-state index in [1.807, 2.05) is 32.0 Å². The van der Waals surface area contributed by atoms with Gasteiger partial charge >= 0.3 is 0 Å². The summed E-state index contributed by atoms with van der Waals surface area (Å²) in [5, 5.41) is 21.5. The minimum absolute atomic E-state index is 0.0980. The summed E-state index contributed by atoms with van der Waals surface area (Å²) >= 11 is 0. The molecule has 0 saturated carbocycles. The smallest absolute Gasteiger partial charge is 0.251 e. The molecule has 0 spiro atoms. The summed E-state index contributed by atoms with van der Waals surface area (Å²) in [6.07, 6.45) is 0.588. The van der Waals surface area contributed by atoms with E-state index in [1.165, 1.54) is 12.1 Å². The highest BCUT2D eigenvalue weighted by atomic mass is 16.3. The molecule has 3 N–H and O–H groups in total. The van der Waals surface area contributed by atoms with Crippen LogP contribution >= 0.6 is 0 Å². The molecule has 2 aromatic carbocycles. The highest BCUT2D eigenvalue weighted by Gasteiger charge is 2.09. The van der Waals surface area contributed by atoms with E-state index in [9.17, 15) is 15.0 Å². The Balaban J connectivity index is 1.95. The minimum Gasteiger partial charge on any atom is -0.504 e. The Morgan fingerprint density at radius 3 is 2.57 bits per heavy atom.